The first-order valence-corrected chi connectivity index (χ1v) is 7.92. The second-order valence-corrected chi connectivity index (χ2v) is 5.59. The molecule has 0 saturated heterocycles. The number of carbonyl (C=O) groups excluding carboxylic acids is 1. The van der Waals surface area contributed by atoms with Crippen LogP contribution in [0.2, 0.25) is 0 Å². The van der Waals surface area contributed by atoms with Crippen LogP contribution < -0.4 is 20.3 Å². The topological polar surface area (TPSA) is 95.3 Å². The van der Waals surface area contributed by atoms with Crippen molar-refractivity contribution in [3.8, 4) is 11.5 Å². The standard InChI is InChI=1S/C18H18N4O4/c1-11(22-18(24)13-6-4-5-7-14(13)20-21-22)17(23)19-15-9-8-12(25-2)10-16(15)26-3/h4-11H,1-3H3,(H,19,23)/t11-/m0/s1. The summed E-state index contributed by atoms with van der Waals surface area (Å²) in [6.07, 6.45) is 0. The average Bonchev–Trinajstić information content (AvgIpc) is 2.68. The van der Waals surface area contributed by atoms with Crippen molar-refractivity contribution in [2.45, 2.75) is 13.0 Å². The van der Waals surface area contributed by atoms with Gasteiger partial charge in [0, 0.05) is 6.07 Å². The fourth-order valence-electron chi connectivity index (χ4n) is 2.51. The molecule has 134 valence electrons. The Kier molecular flexibility index (Phi) is 4.83. The second kappa shape index (κ2) is 7.22. The number of nitrogens with zero attached hydrogens (tertiary/aromatic N) is 3. The smallest absolute Gasteiger partial charge is 0.278 e. The molecule has 8 heteroatoms. The van der Waals surface area contributed by atoms with Gasteiger partial charge in [-0.25, -0.2) is 0 Å². The third-order valence-corrected chi connectivity index (χ3v) is 4.00. The Labute approximate surface area is 149 Å². The fraction of sp³-hybridized carbons (Fsp3) is 0.222. The van der Waals surface area contributed by atoms with E-state index in [1.165, 1.54) is 7.11 Å². The van der Waals surface area contributed by atoms with Gasteiger partial charge in [0.05, 0.1) is 25.3 Å². The number of benzene rings is 2. The van der Waals surface area contributed by atoms with Crippen LogP contribution in [-0.4, -0.2) is 35.1 Å². The number of carbonyl (C=O) groups is 1. The SMILES string of the molecule is COc1ccc(NC(=O)[C@H](C)n2nnc3ccccc3c2=O)c(OC)c1. The van der Waals surface area contributed by atoms with Crippen LogP contribution in [0.5, 0.6) is 11.5 Å². The van der Waals surface area contributed by atoms with E-state index < -0.39 is 11.9 Å². The van der Waals surface area contributed by atoms with Crippen LogP contribution in [-0.2, 0) is 4.79 Å². The molecule has 0 fully saturated rings. The number of fused-ring (bicyclic) bond motifs is 1. The van der Waals surface area contributed by atoms with Gasteiger partial charge in [-0.3, -0.25) is 9.59 Å². The molecule has 0 radical (unpaired) electrons. The summed E-state index contributed by atoms with van der Waals surface area (Å²) >= 11 is 0. The summed E-state index contributed by atoms with van der Waals surface area (Å²) in [5.41, 5.74) is 0.574. The van der Waals surface area contributed by atoms with Crippen LogP contribution in [0.15, 0.2) is 47.3 Å². The molecule has 1 atom stereocenters. The molecule has 1 N–H and O–H groups in total. The molecule has 26 heavy (non-hydrogen) atoms. The first-order chi connectivity index (χ1) is 12.5. The zero-order valence-corrected chi connectivity index (χ0v) is 14.6. The van der Waals surface area contributed by atoms with Gasteiger partial charge < -0.3 is 14.8 Å². The van der Waals surface area contributed by atoms with Crippen LogP contribution in [0.4, 0.5) is 5.69 Å². The van der Waals surface area contributed by atoms with E-state index in [9.17, 15) is 9.59 Å². The lowest BCUT2D eigenvalue weighted by molar-refractivity contribution is -0.119. The van der Waals surface area contributed by atoms with Crippen LogP contribution in [0, 0.1) is 0 Å². The Morgan fingerprint density at radius 3 is 2.65 bits per heavy atom. The molecular weight excluding hydrogens is 336 g/mol. The highest BCUT2D eigenvalue weighted by molar-refractivity contribution is 5.95. The number of anilines is 1. The summed E-state index contributed by atoms with van der Waals surface area (Å²) in [5, 5.41) is 11.0. The minimum absolute atomic E-state index is 0.375. The molecule has 0 bridgehead atoms. The largest absolute Gasteiger partial charge is 0.497 e. The van der Waals surface area contributed by atoms with Gasteiger partial charge in [-0.1, -0.05) is 17.3 Å². The normalized spacial score (nSPS) is 11.8. The molecule has 1 amide bonds. The predicted octanol–water partition coefficient (Wildman–Crippen LogP) is 2.01. The zero-order chi connectivity index (χ0) is 18.7. The van der Waals surface area contributed by atoms with Crippen molar-refractivity contribution in [1.29, 1.82) is 0 Å². The van der Waals surface area contributed by atoms with Gasteiger partial charge in [0.2, 0.25) is 5.91 Å². The van der Waals surface area contributed by atoms with Gasteiger partial charge in [-0.2, -0.15) is 4.68 Å². The van der Waals surface area contributed by atoms with Crippen LogP contribution in [0.1, 0.15) is 13.0 Å². The van der Waals surface area contributed by atoms with Crippen molar-refractivity contribution in [2.75, 3.05) is 19.5 Å². The molecule has 0 saturated carbocycles. The van der Waals surface area contributed by atoms with Crippen molar-refractivity contribution in [3.05, 3.63) is 52.8 Å². The lowest BCUT2D eigenvalue weighted by Gasteiger charge is -2.16. The minimum Gasteiger partial charge on any atom is -0.497 e. The maximum atomic E-state index is 12.6. The van der Waals surface area contributed by atoms with Gasteiger partial charge in [-0.05, 0) is 31.2 Å². The Balaban J connectivity index is 1.89. The molecule has 3 rings (SSSR count). The molecule has 1 aromatic heterocycles. The van der Waals surface area contributed by atoms with E-state index in [-0.39, 0.29) is 5.56 Å². The first kappa shape index (κ1) is 17.4. The number of nitrogens with one attached hydrogen (secondary N) is 1. The Hall–Kier alpha value is -3.42. The lowest BCUT2D eigenvalue weighted by atomic mass is 10.2. The molecule has 2 aromatic carbocycles. The van der Waals surface area contributed by atoms with Crippen molar-refractivity contribution in [2.24, 2.45) is 0 Å². The van der Waals surface area contributed by atoms with E-state index in [0.717, 1.165) is 4.68 Å². The van der Waals surface area contributed by atoms with E-state index >= 15 is 0 Å². The van der Waals surface area contributed by atoms with E-state index in [2.05, 4.69) is 15.6 Å². The van der Waals surface area contributed by atoms with Gasteiger partial charge in [-0.15, -0.1) is 5.10 Å². The number of rotatable bonds is 5. The summed E-state index contributed by atoms with van der Waals surface area (Å²) in [5.74, 6) is 0.631. The third kappa shape index (κ3) is 3.21. The average molecular weight is 354 g/mol. The third-order valence-electron chi connectivity index (χ3n) is 4.00. The second-order valence-electron chi connectivity index (χ2n) is 5.59. The van der Waals surface area contributed by atoms with E-state index in [1.54, 1.807) is 56.5 Å². The van der Waals surface area contributed by atoms with Crippen molar-refractivity contribution >= 4 is 22.5 Å². The molecule has 8 nitrogen and oxygen atoms in total. The Morgan fingerprint density at radius 2 is 1.92 bits per heavy atom. The highest BCUT2D eigenvalue weighted by Crippen LogP contribution is 2.29. The Morgan fingerprint density at radius 1 is 1.15 bits per heavy atom. The molecule has 3 aromatic rings. The van der Waals surface area contributed by atoms with E-state index in [4.69, 9.17) is 9.47 Å². The maximum Gasteiger partial charge on any atom is 0.278 e. The van der Waals surface area contributed by atoms with Crippen molar-refractivity contribution in [3.63, 3.8) is 0 Å². The number of methoxy groups -OCH3 is 2. The van der Waals surface area contributed by atoms with Crippen molar-refractivity contribution < 1.29 is 14.3 Å². The minimum atomic E-state index is -0.855. The van der Waals surface area contributed by atoms with Gasteiger partial charge in [0.1, 0.15) is 23.1 Å². The maximum absolute atomic E-state index is 12.6. The first-order valence-electron chi connectivity index (χ1n) is 7.92. The summed E-state index contributed by atoms with van der Waals surface area (Å²) in [7, 11) is 3.03. The Bertz CT molecular complexity index is 1020. The monoisotopic (exact) mass is 354 g/mol. The number of hydrogen-bond acceptors (Lipinski definition) is 6. The van der Waals surface area contributed by atoms with Crippen LogP contribution in [0.3, 0.4) is 0 Å². The fourth-order valence-corrected chi connectivity index (χ4v) is 2.51. The van der Waals surface area contributed by atoms with Gasteiger partial charge >= 0.3 is 0 Å². The summed E-state index contributed by atoms with van der Waals surface area (Å²) in [6, 6.07) is 11.0. The highest BCUT2D eigenvalue weighted by Gasteiger charge is 2.20. The van der Waals surface area contributed by atoms with Crippen LogP contribution in [0.25, 0.3) is 10.9 Å². The van der Waals surface area contributed by atoms with Crippen molar-refractivity contribution in [1.82, 2.24) is 15.0 Å². The van der Waals surface area contributed by atoms with Crippen LogP contribution >= 0.6 is 0 Å². The number of ether oxygens (including phenoxy) is 2. The van der Waals surface area contributed by atoms with E-state index in [1.807, 2.05) is 0 Å². The molecular formula is C18H18N4O4. The molecule has 0 unspecified atom stereocenters. The number of amides is 1. The highest BCUT2D eigenvalue weighted by atomic mass is 16.5. The molecule has 1 heterocycles. The lowest BCUT2D eigenvalue weighted by Crippen LogP contribution is -2.34. The molecule has 0 spiro atoms. The molecule has 0 aliphatic rings. The predicted molar refractivity (Wildman–Crippen MR) is 96.7 cm³/mol. The quantitative estimate of drug-likeness (QED) is 0.753. The zero-order valence-electron chi connectivity index (χ0n) is 14.6. The van der Waals surface area contributed by atoms with E-state index in [0.29, 0.717) is 28.1 Å². The summed E-state index contributed by atoms with van der Waals surface area (Å²) in [4.78, 5) is 25.2. The molecule has 0 aliphatic carbocycles. The molecule has 0 aliphatic heterocycles. The van der Waals surface area contributed by atoms with Gasteiger partial charge in [0.15, 0.2) is 0 Å². The summed E-state index contributed by atoms with van der Waals surface area (Å²) in [6.45, 7) is 1.58. The van der Waals surface area contributed by atoms with Gasteiger partial charge in [0.25, 0.3) is 5.56 Å². The number of hydrogen-bond donors (Lipinski definition) is 1. The number of aromatic nitrogens is 3. The summed E-state index contributed by atoms with van der Waals surface area (Å²) < 4.78 is 11.5.